The zero-order valence-electron chi connectivity index (χ0n) is 14.9. The van der Waals surface area contributed by atoms with Crippen molar-refractivity contribution < 1.29 is 19.2 Å². The van der Waals surface area contributed by atoms with Gasteiger partial charge >= 0.3 is 0 Å². The summed E-state index contributed by atoms with van der Waals surface area (Å²) in [5.41, 5.74) is 0.219. The van der Waals surface area contributed by atoms with Crippen LogP contribution in [0.1, 0.15) is 23.2 Å². The number of nitrogens with zero attached hydrogens (tertiary/aromatic N) is 1. The lowest BCUT2D eigenvalue weighted by atomic mass is 10.1. The number of nitro groups is 1. The quantitative estimate of drug-likeness (QED) is 0.435. The Bertz CT molecular complexity index is 883. The summed E-state index contributed by atoms with van der Waals surface area (Å²) in [5, 5.41) is 16.4. The number of ether oxygens (including phenoxy) is 2. The van der Waals surface area contributed by atoms with E-state index in [9.17, 15) is 14.9 Å². The van der Waals surface area contributed by atoms with E-state index in [2.05, 4.69) is 10.6 Å². The second-order valence-electron chi connectivity index (χ2n) is 6.12. The molecule has 1 aliphatic rings. The standard InChI is InChI=1S/C19H19N3O5S/c23-18(14-7-1-3-9-16(14)22(24)25)21-19(28)20-15-8-2-4-10-17(15)27-12-13-6-5-11-26-13/h1-4,7-10,13H,5-6,11-12H2,(H2,20,21,23,28). The van der Waals surface area contributed by atoms with Crippen LogP contribution in [0, 0.1) is 10.1 Å². The average Bonchev–Trinajstić information content (AvgIpc) is 3.20. The number of thiocarbonyl (C=S) groups is 1. The highest BCUT2D eigenvalue weighted by atomic mass is 32.1. The summed E-state index contributed by atoms with van der Waals surface area (Å²) in [6.45, 7) is 1.17. The summed E-state index contributed by atoms with van der Waals surface area (Å²) in [4.78, 5) is 22.8. The number of amides is 1. The zero-order valence-corrected chi connectivity index (χ0v) is 15.7. The molecule has 1 atom stereocenters. The Morgan fingerprint density at radius 3 is 2.75 bits per heavy atom. The van der Waals surface area contributed by atoms with Crippen molar-refractivity contribution in [2.45, 2.75) is 18.9 Å². The second kappa shape index (κ2) is 9.25. The first-order chi connectivity index (χ1) is 13.5. The molecule has 0 aliphatic carbocycles. The highest BCUT2D eigenvalue weighted by Gasteiger charge is 2.20. The normalized spacial score (nSPS) is 15.6. The number of carbonyl (C=O) groups excluding carboxylic acids is 1. The summed E-state index contributed by atoms with van der Waals surface area (Å²) >= 11 is 5.18. The van der Waals surface area contributed by atoms with Gasteiger partial charge in [0.25, 0.3) is 11.6 Å². The lowest BCUT2D eigenvalue weighted by molar-refractivity contribution is -0.385. The van der Waals surface area contributed by atoms with Crippen LogP contribution in [0.15, 0.2) is 48.5 Å². The molecule has 0 aromatic heterocycles. The van der Waals surface area contributed by atoms with Crippen LogP contribution in [0.2, 0.25) is 0 Å². The van der Waals surface area contributed by atoms with E-state index in [-0.39, 0.29) is 22.5 Å². The number of nitrogens with one attached hydrogen (secondary N) is 2. The predicted molar refractivity (Wildman–Crippen MR) is 108 cm³/mol. The number of benzene rings is 2. The molecule has 0 radical (unpaired) electrons. The third-order valence-corrected chi connectivity index (χ3v) is 4.36. The molecular weight excluding hydrogens is 382 g/mol. The van der Waals surface area contributed by atoms with Crippen LogP contribution in [-0.4, -0.2) is 35.3 Å². The monoisotopic (exact) mass is 401 g/mol. The van der Waals surface area contributed by atoms with Gasteiger partial charge in [-0.3, -0.25) is 20.2 Å². The first kappa shape index (κ1) is 19.7. The molecule has 2 aromatic carbocycles. The summed E-state index contributed by atoms with van der Waals surface area (Å²) in [5.74, 6) is -0.0946. The fourth-order valence-electron chi connectivity index (χ4n) is 2.80. The van der Waals surface area contributed by atoms with Gasteiger partial charge in [0.2, 0.25) is 0 Å². The highest BCUT2D eigenvalue weighted by molar-refractivity contribution is 7.80. The zero-order chi connectivity index (χ0) is 19.9. The third kappa shape index (κ3) is 5.02. The number of hydrogen-bond donors (Lipinski definition) is 2. The summed E-state index contributed by atoms with van der Waals surface area (Å²) < 4.78 is 11.4. The van der Waals surface area contributed by atoms with Crippen LogP contribution in [0.25, 0.3) is 0 Å². The Kier molecular flexibility index (Phi) is 6.51. The molecule has 0 saturated carbocycles. The number of hydrogen-bond acceptors (Lipinski definition) is 6. The van der Waals surface area contributed by atoms with Gasteiger partial charge in [-0.25, -0.2) is 0 Å². The Labute approximate surface area is 167 Å². The van der Waals surface area contributed by atoms with Crippen LogP contribution in [-0.2, 0) is 4.74 Å². The van der Waals surface area contributed by atoms with Crippen molar-refractivity contribution in [1.82, 2.24) is 5.32 Å². The lowest BCUT2D eigenvalue weighted by Gasteiger charge is -2.16. The van der Waals surface area contributed by atoms with Crippen molar-refractivity contribution in [1.29, 1.82) is 0 Å². The molecule has 2 aromatic rings. The van der Waals surface area contributed by atoms with Crippen LogP contribution >= 0.6 is 12.2 Å². The Morgan fingerprint density at radius 1 is 1.25 bits per heavy atom. The molecule has 1 saturated heterocycles. The summed E-state index contributed by atoms with van der Waals surface area (Å²) in [6, 6.07) is 12.8. The molecule has 1 heterocycles. The van der Waals surface area contributed by atoms with E-state index >= 15 is 0 Å². The maximum atomic E-state index is 12.4. The van der Waals surface area contributed by atoms with Crippen LogP contribution in [0.4, 0.5) is 11.4 Å². The van der Waals surface area contributed by atoms with Crippen LogP contribution < -0.4 is 15.4 Å². The molecule has 0 bridgehead atoms. The minimum atomic E-state index is -0.664. The smallest absolute Gasteiger partial charge is 0.282 e. The van der Waals surface area contributed by atoms with Crippen molar-refractivity contribution in [3.63, 3.8) is 0 Å². The van der Waals surface area contributed by atoms with E-state index in [0.717, 1.165) is 19.4 Å². The van der Waals surface area contributed by atoms with E-state index in [1.54, 1.807) is 24.3 Å². The number of carbonyl (C=O) groups is 1. The minimum absolute atomic E-state index is 0.0105. The number of rotatable bonds is 6. The van der Waals surface area contributed by atoms with Gasteiger partial charge < -0.3 is 14.8 Å². The Balaban J connectivity index is 1.63. The van der Waals surface area contributed by atoms with Crippen LogP contribution in [0.3, 0.4) is 0 Å². The predicted octanol–water partition coefficient (Wildman–Crippen LogP) is 3.28. The molecule has 0 spiro atoms. The van der Waals surface area contributed by atoms with Gasteiger partial charge in [-0.15, -0.1) is 0 Å². The molecule has 1 unspecified atom stereocenters. The van der Waals surface area contributed by atoms with E-state index in [1.807, 2.05) is 6.07 Å². The van der Waals surface area contributed by atoms with Gasteiger partial charge in [-0.1, -0.05) is 24.3 Å². The largest absolute Gasteiger partial charge is 0.489 e. The van der Waals surface area contributed by atoms with E-state index in [4.69, 9.17) is 21.7 Å². The maximum Gasteiger partial charge on any atom is 0.282 e. The number of para-hydroxylation sites is 3. The molecule has 28 heavy (non-hydrogen) atoms. The van der Waals surface area contributed by atoms with Gasteiger partial charge in [0.1, 0.15) is 17.9 Å². The van der Waals surface area contributed by atoms with E-state index in [0.29, 0.717) is 18.0 Å². The fourth-order valence-corrected chi connectivity index (χ4v) is 3.01. The molecule has 1 amide bonds. The number of nitro benzene ring substituents is 1. The average molecular weight is 401 g/mol. The molecule has 146 valence electrons. The SMILES string of the molecule is O=C(NC(=S)Nc1ccccc1OCC1CCCO1)c1ccccc1[N+](=O)[O-]. The first-order valence-electron chi connectivity index (χ1n) is 8.74. The fraction of sp³-hybridized carbons (Fsp3) is 0.263. The molecule has 8 nitrogen and oxygen atoms in total. The van der Waals surface area contributed by atoms with Crippen molar-refractivity contribution in [2.24, 2.45) is 0 Å². The van der Waals surface area contributed by atoms with Crippen molar-refractivity contribution in [3.05, 3.63) is 64.2 Å². The van der Waals surface area contributed by atoms with Crippen molar-refractivity contribution in [3.8, 4) is 5.75 Å². The van der Waals surface area contributed by atoms with Crippen LogP contribution in [0.5, 0.6) is 5.75 Å². The number of anilines is 1. The van der Waals surface area contributed by atoms with Gasteiger partial charge in [0.05, 0.1) is 16.7 Å². The summed E-state index contributed by atoms with van der Waals surface area (Å²) in [7, 11) is 0. The second-order valence-corrected chi connectivity index (χ2v) is 6.53. The molecule has 1 fully saturated rings. The van der Waals surface area contributed by atoms with Gasteiger partial charge in [0, 0.05) is 12.7 Å². The van der Waals surface area contributed by atoms with Crippen molar-refractivity contribution in [2.75, 3.05) is 18.5 Å². The first-order valence-corrected chi connectivity index (χ1v) is 9.14. The summed E-state index contributed by atoms with van der Waals surface area (Å²) in [6.07, 6.45) is 2.05. The Morgan fingerprint density at radius 2 is 2.00 bits per heavy atom. The van der Waals surface area contributed by atoms with Gasteiger partial charge in [-0.05, 0) is 43.3 Å². The van der Waals surface area contributed by atoms with E-state index in [1.165, 1.54) is 18.2 Å². The third-order valence-electron chi connectivity index (χ3n) is 4.16. The molecule has 9 heteroatoms. The molecule has 3 rings (SSSR count). The highest BCUT2D eigenvalue weighted by Crippen LogP contribution is 2.25. The minimum Gasteiger partial charge on any atom is -0.489 e. The van der Waals surface area contributed by atoms with E-state index < -0.39 is 10.8 Å². The van der Waals surface area contributed by atoms with Crippen molar-refractivity contribution >= 4 is 34.6 Å². The van der Waals surface area contributed by atoms with Gasteiger partial charge in [-0.2, -0.15) is 0 Å². The Hall–Kier alpha value is -3.04. The maximum absolute atomic E-state index is 12.4. The molecular formula is C19H19N3O5S. The topological polar surface area (TPSA) is 103 Å². The molecule has 2 N–H and O–H groups in total. The molecule has 1 aliphatic heterocycles. The van der Waals surface area contributed by atoms with Gasteiger partial charge in [0.15, 0.2) is 5.11 Å². The lowest BCUT2D eigenvalue weighted by Crippen LogP contribution is -2.34.